The van der Waals surface area contributed by atoms with E-state index in [1.165, 1.54) is 11.8 Å². The predicted octanol–water partition coefficient (Wildman–Crippen LogP) is 4.48. The molecule has 1 heterocycles. The summed E-state index contributed by atoms with van der Waals surface area (Å²) in [6, 6.07) is 23.2. The van der Waals surface area contributed by atoms with Crippen LogP contribution in [-0.4, -0.2) is 35.3 Å². The molecule has 1 atom stereocenters. The normalized spacial score (nSPS) is 13.3. The number of rotatable bonds is 7. The van der Waals surface area contributed by atoms with E-state index < -0.39 is 18.0 Å². The number of carbonyl (C=O) groups excluding carboxylic acids is 3. The topological polar surface area (TPSA) is 84.9 Å². The third-order valence-corrected chi connectivity index (χ3v) is 5.10. The van der Waals surface area contributed by atoms with E-state index in [0.717, 1.165) is 0 Å². The molecule has 33 heavy (non-hydrogen) atoms. The zero-order valence-electron chi connectivity index (χ0n) is 18.0. The van der Waals surface area contributed by atoms with E-state index in [1.807, 2.05) is 30.3 Å². The lowest BCUT2D eigenvalue weighted by atomic mass is 10.1. The summed E-state index contributed by atoms with van der Waals surface area (Å²) in [5, 5.41) is 2.69. The van der Waals surface area contributed by atoms with Crippen molar-refractivity contribution in [1.82, 2.24) is 4.90 Å². The first kappa shape index (κ1) is 21.8. The van der Waals surface area contributed by atoms with Gasteiger partial charge in [0.15, 0.2) is 6.10 Å². The predicted molar refractivity (Wildman–Crippen MR) is 124 cm³/mol. The third kappa shape index (κ3) is 4.93. The summed E-state index contributed by atoms with van der Waals surface area (Å²) in [6.07, 6.45) is -1.05. The molecular formula is C26H22N2O5. The van der Waals surface area contributed by atoms with Crippen molar-refractivity contribution in [2.45, 2.75) is 13.0 Å². The second-order valence-corrected chi connectivity index (χ2v) is 7.44. The fourth-order valence-electron chi connectivity index (χ4n) is 3.39. The molecular weight excluding hydrogens is 420 g/mol. The van der Waals surface area contributed by atoms with Gasteiger partial charge in [-0.15, -0.1) is 0 Å². The zero-order chi connectivity index (χ0) is 23.4. The highest BCUT2D eigenvalue weighted by atomic mass is 16.5. The van der Waals surface area contributed by atoms with Gasteiger partial charge in [0, 0.05) is 22.5 Å². The zero-order valence-corrected chi connectivity index (χ0v) is 18.0. The number of anilines is 1. The van der Waals surface area contributed by atoms with Gasteiger partial charge in [0.25, 0.3) is 11.8 Å². The van der Waals surface area contributed by atoms with Gasteiger partial charge in [-0.3, -0.25) is 19.3 Å². The minimum Gasteiger partial charge on any atom is -0.457 e. The molecule has 1 unspecified atom stereocenters. The van der Waals surface area contributed by atoms with Gasteiger partial charge in [0.05, 0.1) is 0 Å². The Labute approximate surface area is 191 Å². The molecule has 0 saturated carbocycles. The summed E-state index contributed by atoms with van der Waals surface area (Å²) >= 11 is 0. The molecule has 1 aliphatic rings. The molecule has 0 fully saturated rings. The number of hydrogen-bond donors (Lipinski definition) is 1. The van der Waals surface area contributed by atoms with Gasteiger partial charge in [-0.1, -0.05) is 43.0 Å². The Hall–Kier alpha value is -4.39. The Kier molecular flexibility index (Phi) is 6.22. The molecule has 3 aromatic rings. The molecule has 0 spiro atoms. The van der Waals surface area contributed by atoms with Crippen molar-refractivity contribution in [2.75, 3.05) is 11.9 Å². The fraction of sp³-hybridized carbons (Fsp3) is 0.115. The van der Waals surface area contributed by atoms with Crippen LogP contribution in [0.1, 0.15) is 22.8 Å². The van der Waals surface area contributed by atoms with Crippen LogP contribution < -0.4 is 10.1 Å². The largest absolute Gasteiger partial charge is 0.457 e. The molecule has 4 rings (SSSR count). The number of hydrogen-bond acceptors (Lipinski definition) is 5. The van der Waals surface area contributed by atoms with E-state index in [2.05, 4.69) is 11.9 Å². The molecule has 166 valence electrons. The SMILES string of the molecule is C=C1c2ccccc2C(=O)N1CC(=O)OC(C)C(=O)Nc1ccc(Oc2ccccc2)cc1. The Bertz CT molecular complexity index is 1170. The minimum atomic E-state index is -1.05. The lowest BCUT2D eigenvalue weighted by molar-refractivity contribution is -0.153. The summed E-state index contributed by atoms with van der Waals surface area (Å²) < 4.78 is 11.0. The fourth-order valence-corrected chi connectivity index (χ4v) is 3.39. The van der Waals surface area contributed by atoms with Crippen molar-refractivity contribution in [1.29, 1.82) is 0 Å². The maximum atomic E-state index is 12.5. The molecule has 1 N–H and O–H groups in total. The molecule has 3 aromatic carbocycles. The summed E-state index contributed by atoms with van der Waals surface area (Å²) in [6.45, 7) is 5.04. The van der Waals surface area contributed by atoms with Crippen molar-refractivity contribution >= 4 is 29.2 Å². The number of ether oxygens (including phenoxy) is 2. The first-order chi connectivity index (χ1) is 15.9. The van der Waals surface area contributed by atoms with Crippen molar-refractivity contribution < 1.29 is 23.9 Å². The number of nitrogens with zero attached hydrogens (tertiary/aromatic N) is 1. The molecule has 0 saturated heterocycles. The van der Waals surface area contributed by atoms with Crippen molar-refractivity contribution in [3.05, 3.63) is 96.6 Å². The number of nitrogens with one attached hydrogen (secondary N) is 1. The molecule has 1 aliphatic heterocycles. The second kappa shape index (κ2) is 9.40. The van der Waals surface area contributed by atoms with Gasteiger partial charge in [0.1, 0.15) is 18.0 Å². The summed E-state index contributed by atoms with van der Waals surface area (Å²) in [7, 11) is 0. The number of para-hydroxylation sites is 1. The van der Waals surface area contributed by atoms with Crippen molar-refractivity contribution in [2.24, 2.45) is 0 Å². The highest BCUT2D eigenvalue weighted by Gasteiger charge is 2.33. The molecule has 0 aromatic heterocycles. The molecule has 2 amide bonds. The van der Waals surface area contributed by atoms with E-state index in [9.17, 15) is 14.4 Å². The maximum absolute atomic E-state index is 12.5. The van der Waals surface area contributed by atoms with E-state index >= 15 is 0 Å². The Balaban J connectivity index is 1.29. The van der Waals surface area contributed by atoms with Crippen molar-refractivity contribution in [3.8, 4) is 11.5 Å². The number of carbonyl (C=O) groups is 3. The quantitative estimate of drug-likeness (QED) is 0.546. The van der Waals surface area contributed by atoms with Crippen LogP contribution >= 0.6 is 0 Å². The van der Waals surface area contributed by atoms with E-state index in [4.69, 9.17) is 9.47 Å². The Morgan fingerprint density at radius 2 is 1.52 bits per heavy atom. The van der Waals surface area contributed by atoms with Gasteiger partial charge in [-0.05, 0) is 49.4 Å². The maximum Gasteiger partial charge on any atom is 0.326 e. The van der Waals surface area contributed by atoms with Gasteiger partial charge < -0.3 is 14.8 Å². The first-order valence-corrected chi connectivity index (χ1v) is 10.4. The van der Waals surface area contributed by atoms with Gasteiger partial charge in [0.2, 0.25) is 0 Å². The smallest absolute Gasteiger partial charge is 0.326 e. The second-order valence-electron chi connectivity index (χ2n) is 7.44. The number of fused-ring (bicyclic) bond motifs is 1. The number of amides is 2. The van der Waals surface area contributed by atoms with Gasteiger partial charge >= 0.3 is 5.97 Å². The summed E-state index contributed by atoms with van der Waals surface area (Å²) in [5.41, 5.74) is 2.13. The van der Waals surface area contributed by atoms with Gasteiger partial charge in [-0.2, -0.15) is 0 Å². The number of benzene rings is 3. The van der Waals surface area contributed by atoms with Crippen LogP contribution in [0.2, 0.25) is 0 Å². The highest BCUT2D eigenvalue weighted by Crippen LogP contribution is 2.31. The van der Waals surface area contributed by atoms with E-state index in [0.29, 0.717) is 34.0 Å². The standard InChI is InChI=1S/C26H22N2O5/c1-17-22-10-6-7-11-23(22)26(31)28(17)16-24(29)32-18(2)25(30)27-19-12-14-21(15-13-19)33-20-8-4-3-5-9-20/h3-15,18H,1,16H2,2H3,(H,27,30). The lowest BCUT2D eigenvalue weighted by Gasteiger charge is -2.18. The first-order valence-electron chi connectivity index (χ1n) is 10.4. The van der Waals surface area contributed by atoms with Gasteiger partial charge in [-0.25, -0.2) is 0 Å². The number of esters is 1. The Morgan fingerprint density at radius 3 is 2.18 bits per heavy atom. The van der Waals surface area contributed by atoms with Crippen LogP contribution in [0.15, 0.2) is 85.4 Å². The van der Waals surface area contributed by atoms with Crippen LogP contribution in [0.4, 0.5) is 5.69 Å². The molecule has 0 radical (unpaired) electrons. The molecule has 7 heteroatoms. The molecule has 7 nitrogen and oxygen atoms in total. The molecule has 0 bridgehead atoms. The van der Waals surface area contributed by atoms with Crippen LogP contribution in [0.25, 0.3) is 5.70 Å². The third-order valence-electron chi connectivity index (χ3n) is 5.10. The van der Waals surface area contributed by atoms with Crippen LogP contribution in [0.3, 0.4) is 0 Å². The highest BCUT2D eigenvalue weighted by molar-refractivity contribution is 6.10. The van der Waals surface area contributed by atoms with Crippen LogP contribution in [0, 0.1) is 0 Å². The molecule has 0 aliphatic carbocycles. The van der Waals surface area contributed by atoms with Crippen LogP contribution in [0.5, 0.6) is 11.5 Å². The Morgan fingerprint density at radius 1 is 0.909 bits per heavy atom. The minimum absolute atomic E-state index is 0.317. The average molecular weight is 442 g/mol. The lowest BCUT2D eigenvalue weighted by Crippen LogP contribution is -2.35. The van der Waals surface area contributed by atoms with E-state index in [-0.39, 0.29) is 12.5 Å². The van der Waals surface area contributed by atoms with Crippen LogP contribution in [-0.2, 0) is 14.3 Å². The monoisotopic (exact) mass is 442 g/mol. The summed E-state index contributed by atoms with van der Waals surface area (Å²) in [5.74, 6) is -0.184. The van der Waals surface area contributed by atoms with E-state index in [1.54, 1.807) is 48.5 Å². The average Bonchev–Trinajstić information content (AvgIpc) is 3.06. The summed E-state index contributed by atoms with van der Waals surface area (Å²) in [4.78, 5) is 38.6. The van der Waals surface area contributed by atoms with Crippen molar-refractivity contribution in [3.63, 3.8) is 0 Å².